The first kappa shape index (κ1) is 50.3. The summed E-state index contributed by atoms with van der Waals surface area (Å²) in [5, 5.41) is 50.6. The Morgan fingerprint density at radius 3 is 0.859 bits per heavy atom. The van der Waals surface area contributed by atoms with Crippen LogP contribution in [-0.2, 0) is 0 Å². The first-order valence-electron chi connectivity index (χ1n) is 20.9. The molecule has 0 aliphatic carbocycles. The number of anilines is 10. The van der Waals surface area contributed by atoms with Gasteiger partial charge in [-0.15, -0.1) is 9.97 Å². The fourth-order valence-electron chi connectivity index (χ4n) is 6.18. The van der Waals surface area contributed by atoms with Gasteiger partial charge in [0.25, 0.3) is 0 Å². The molecule has 0 radical (unpaired) electrons. The molecule has 22 heteroatoms. The molecule has 0 fully saturated rings. The zero-order valence-corrected chi connectivity index (χ0v) is 37.7. The number of carbonyl (C=O) groups excluding carboxylic acids is 1. The van der Waals surface area contributed by atoms with Crippen molar-refractivity contribution >= 4 is 81.8 Å². The van der Waals surface area contributed by atoms with Crippen LogP contribution in [-0.4, -0.2) is 97.3 Å². The first-order valence-corrected chi connectivity index (χ1v) is 20.9. The van der Waals surface area contributed by atoms with Gasteiger partial charge in [-0.3, -0.25) is 0 Å². The van der Waals surface area contributed by atoms with Crippen LogP contribution in [0.2, 0.25) is 0 Å². The average molecular weight is 960 g/mol. The molecular weight excluding hydrogens is 913 g/mol. The van der Waals surface area contributed by atoms with E-state index in [0.29, 0.717) is 34.6 Å². The third kappa shape index (κ3) is 13.5. The maximum absolute atomic E-state index is 11.1. The molecular formula is C49H47N14O8+. The fourth-order valence-corrected chi connectivity index (χ4v) is 6.18. The van der Waals surface area contributed by atoms with Gasteiger partial charge in [0.1, 0.15) is 0 Å². The maximum Gasteiger partial charge on any atom is 0.444 e. The Bertz CT molecular complexity index is 2770. The van der Waals surface area contributed by atoms with Gasteiger partial charge in [-0.25, -0.2) is 23.5 Å². The number of benzene rings is 4. The molecule has 360 valence electrons. The van der Waals surface area contributed by atoms with Crippen LogP contribution in [0.3, 0.4) is 0 Å². The van der Waals surface area contributed by atoms with Gasteiger partial charge in [-0.05, 0) is 135 Å². The standard InChI is InChI=1S/2C24H21N7O4.CH4/c2*1-30(2)19-11-13-31(14-12-19)24-28-22(25-17-7-3-15(4-8-17)20(32)33)27-23(29-24)26-18-9-5-16(6-10-18)21(34)35;/h2*3-14H,1-2H3,(H3-,25,26,27,28,29,32,33,34,35);1H4/p+1. The molecule has 8 rings (SSSR count). The molecule has 0 unspecified atom stereocenters. The highest BCUT2D eigenvalue weighted by Crippen LogP contribution is 2.21. The quantitative estimate of drug-likeness (QED) is 0.0589. The van der Waals surface area contributed by atoms with Crippen molar-refractivity contribution < 1.29 is 48.7 Å². The van der Waals surface area contributed by atoms with E-state index in [9.17, 15) is 24.3 Å². The van der Waals surface area contributed by atoms with E-state index >= 15 is 0 Å². The number of hydrogen-bond donors (Lipinski definition) is 7. The molecule has 0 saturated heterocycles. The lowest BCUT2D eigenvalue weighted by atomic mass is 10.2. The Kier molecular flexibility index (Phi) is 16.0. The second kappa shape index (κ2) is 22.6. The lowest BCUT2D eigenvalue weighted by Crippen LogP contribution is -2.33. The monoisotopic (exact) mass is 959 g/mol. The molecule has 4 aromatic heterocycles. The van der Waals surface area contributed by atoms with Crippen molar-refractivity contribution in [1.29, 1.82) is 0 Å². The number of rotatable bonds is 16. The highest BCUT2D eigenvalue weighted by atomic mass is 16.4. The van der Waals surface area contributed by atoms with E-state index in [-0.39, 0.29) is 53.5 Å². The minimum atomic E-state index is -1.27. The first-order chi connectivity index (χ1) is 33.6. The Morgan fingerprint density at radius 1 is 0.408 bits per heavy atom. The van der Waals surface area contributed by atoms with E-state index in [1.54, 1.807) is 57.7 Å². The topological polar surface area (TPSA) is 292 Å². The molecule has 0 aliphatic rings. The highest BCUT2D eigenvalue weighted by molar-refractivity contribution is 5.89. The van der Waals surface area contributed by atoms with Crippen LogP contribution in [0, 0.1) is 0 Å². The van der Waals surface area contributed by atoms with Crippen LogP contribution in [0.25, 0.3) is 11.9 Å². The van der Waals surface area contributed by atoms with Crippen molar-refractivity contribution in [1.82, 2.24) is 29.9 Å². The number of hydrogen-bond acceptors (Lipinski definition) is 17. The minimum absolute atomic E-state index is 0. The smallest absolute Gasteiger partial charge is 0.444 e. The van der Waals surface area contributed by atoms with E-state index in [2.05, 4.69) is 51.2 Å². The van der Waals surface area contributed by atoms with Gasteiger partial charge < -0.3 is 56.3 Å². The van der Waals surface area contributed by atoms with E-state index in [4.69, 9.17) is 15.3 Å². The lowest BCUT2D eigenvalue weighted by molar-refractivity contribution is -0.603. The Morgan fingerprint density at radius 2 is 0.648 bits per heavy atom. The SMILES string of the molecule is C.CN(C)c1cc[n+](-c2nc(Nc3ccc(C(=O)O)cc3)nc(Nc3ccc(C(=O)O)cc3)n2)cc1.CN(C)c1cc[n+](-c2nc(Nc3ccc(C(=O)[O-])cc3)nc(Nc3ccc(C(=O)O)cc3)n2)cc1. The van der Waals surface area contributed by atoms with Gasteiger partial charge in [0, 0.05) is 62.3 Å². The molecule has 71 heavy (non-hydrogen) atoms. The van der Waals surface area contributed by atoms with Crippen molar-refractivity contribution in [3.05, 3.63) is 168 Å². The number of nitrogens with zero attached hydrogens (tertiary/aromatic N) is 10. The second-order valence-electron chi connectivity index (χ2n) is 15.3. The fraction of sp³-hybridized carbons (Fsp3) is 0.102. The third-order valence-corrected chi connectivity index (χ3v) is 9.91. The van der Waals surface area contributed by atoms with E-state index in [0.717, 1.165) is 11.4 Å². The minimum Gasteiger partial charge on any atom is -0.545 e. The summed E-state index contributed by atoms with van der Waals surface area (Å²) in [6.07, 6.45) is 7.27. The van der Waals surface area contributed by atoms with Crippen molar-refractivity contribution in [3.63, 3.8) is 0 Å². The van der Waals surface area contributed by atoms with Crippen molar-refractivity contribution in [2.45, 2.75) is 7.43 Å². The van der Waals surface area contributed by atoms with Gasteiger partial charge in [0.05, 0.1) is 47.4 Å². The number of nitrogens with one attached hydrogen (secondary N) is 4. The number of pyridine rings is 2. The van der Waals surface area contributed by atoms with Crippen LogP contribution in [0.5, 0.6) is 0 Å². The van der Waals surface area contributed by atoms with Crippen LogP contribution in [0.4, 0.5) is 57.9 Å². The highest BCUT2D eigenvalue weighted by Gasteiger charge is 2.21. The maximum atomic E-state index is 11.1. The molecule has 0 bridgehead atoms. The summed E-state index contributed by atoms with van der Waals surface area (Å²) >= 11 is 0. The molecule has 0 atom stereocenters. The number of aromatic nitrogens is 8. The molecule has 0 spiro atoms. The number of carbonyl (C=O) groups is 4. The summed E-state index contributed by atoms with van der Waals surface area (Å²) in [6, 6.07) is 32.2. The molecule has 22 nitrogen and oxygen atoms in total. The van der Waals surface area contributed by atoms with Crippen LogP contribution >= 0.6 is 0 Å². The number of carboxylic acids is 4. The van der Waals surface area contributed by atoms with Crippen LogP contribution in [0.1, 0.15) is 48.9 Å². The van der Waals surface area contributed by atoms with Crippen LogP contribution < -0.4 is 45.3 Å². The summed E-state index contributed by atoms with van der Waals surface area (Å²) in [5.74, 6) is -2.78. The van der Waals surface area contributed by atoms with Gasteiger partial charge in [0.2, 0.25) is 0 Å². The Labute approximate surface area is 406 Å². The second-order valence-corrected chi connectivity index (χ2v) is 15.3. The Hall–Kier alpha value is -10.1. The van der Waals surface area contributed by atoms with Gasteiger partial charge >= 0.3 is 53.6 Å². The summed E-state index contributed by atoms with van der Waals surface area (Å²) in [7, 11) is 7.76. The van der Waals surface area contributed by atoms with Crippen LogP contribution in [0.15, 0.2) is 146 Å². The normalized spacial score (nSPS) is 10.3. The van der Waals surface area contributed by atoms with Crippen molar-refractivity contribution in [3.8, 4) is 11.9 Å². The largest absolute Gasteiger partial charge is 0.545 e. The predicted molar refractivity (Wildman–Crippen MR) is 262 cm³/mol. The molecule has 0 amide bonds. The van der Waals surface area contributed by atoms with E-state index in [1.165, 1.54) is 48.5 Å². The molecule has 0 aliphatic heterocycles. The molecule has 0 saturated carbocycles. The Balaban J connectivity index is 0.000000229. The van der Waals surface area contributed by atoms with E-state index < -0.39 is 23.9 Å². The van der Waals surface area contributed by atoms with Gasteiger partial charge in [0.15, 0.2) is 0 Å². The zero-order chi connectivity index (χ0) is 49.9. The molecule has 4 aromatic carbocycles. The van der Waals surface area contributed by atoms with Gasteiger partial charge in [-0.2, -0.15) is 0 Å². The number of aromatic carboxylic acids is 4. The summed E-state index contributed by atoms with van der Waals surface area (Å²) in [6.45, 7) is 0. The van der Waals surface area contributed by atoms with Crippen molar-refractivity contribution in [2.24, 2.45) is 0 Å². The molecule has 8 aromatic rings. The van der Waals surface area contributed by atoms with Crippen molar-refractivity contribution in [2.75, 3.05) is 59.3 Å². The lowest BCUT2D eigenvalue weighted by Gasteiger charge is -2.11. The zero-order valence-electron chi connectivity index (χ0n) is 37.7. The molecule has 4 heterocycles. The summed E-state index contributed by atoms with van der Waals surface area (Å²) < 4.78 is 3.45. The molecule has 7 N–H and O–H groups in total. The van der Waals surface area contributed by atoms with Gasteiger partial charge in [-0.1, -0.05) is 19.6 Å². The number of carboxylic acid groups (broad SMARTS) is 4. The average Bonchev–Trinajstić information content (AvgIpc) is 3.35. The predicted octanol–water partition coefficient (Wildman–Crippen LogP) is 5.50. The third-order valence-electron chi connectivity index (χ3n) is 9.91. The van der Waals surface area contributed by atoms with E-state index in [1.807, 2.05) is 87.0 Å². The summed E-state index contributed by atoms with van der Waals surface area (Å²) in [4.78, 5) is 75.0. The summed E-state index contributed by atoms with van der Waals surface area (Å²) in [5.41, 5.74) is 4.88.